The van der Waals surface area contributed by atoms with Gasteiger partial charge >= 0.3 is 5.97 Å². The summed E-state index contributed by atoms with van der Waals surface area (Å²) in [5.41, 5.74) is 0. The Balaban J connectivity index is 2.19. The molecular weight excluding hydrogens is 220 g/mol. The molecule has 0 amide bonds. The van der Waals surface area contributed by atoms with Crippen molar-refractivity contribution in [2.24, 2.45) is 0 Å². The van der Waals surface area contributed by atoms with Crippen LogP contribution in [0.25, 0.3) is 0 Å². The lowest BCUT2D eigenvalue weighted by molar-refractivity contribution is -0.177. The average molecular weight is 240 g/mol. The number of carbonyl (C=O) groups is 1. The van der Waals surface area contributed by atoms with E-state index >= 15 is 0 Å². The molecule has 0 aliphatic carbocycles. The summed E-state index contributed by atoms with van der Waals surface area (Å²) in [6.07, 6.45) is 9.75. The molecule has 0 aromatic rings. The molecule has 17 heavy (non-hydrogen) atoms. The second kappa shape index (κ2) is 8.10. The summed E-state index contributed by atoms with van der Waals surface area (Å²) < 4.78 is 15.7. The number of ether oxygens (including phenoxy) is 3. The monoisotopic (exact) mass is 240 g/mol. The summed E-state index contributed by atoms with van der Waals surface area (Å²) in [5.74, 6) is 2.37. The van der Waals surface area contributed by atoms with Gasteiger partial charge in [-0.25, -0.2) is 0 Å². The number of rotatable bonds is 6. The second-order valence-corrected chi connectivity index (χ2v) is 4.06. The Kier molecular flexibility index (Phi) is 6.68. The number of hydrogen-bond acceptors (Lipinski definition) is 4. The lowest BCUT2D eigenvalue weighted by atomic mass is 10.1. The van der Waals surface area contributed by atoms with Crippen LogP contribution in [0.15, 0.2) is 0 Å². The summed E-state index contributed by atoms with van der Waals surface area (Å²) in [4.78, 5) is 10.9. The Morgan fingerprint density at radius 3 is 3.00 bits per heavy atom. The Morgan fingerprint density at radius 1 is 1.59 bits per heavy atom. The molecule has 0 spiro atoms. The van der Waals surface area contributed by atoms with Crippen LogP contribution in [0.4, 0.5) is 0 Å². The SMILES string of the molecule is C#CC(CCCC(=O)OC)OC1CCCCO1. The second-order valence-electron chi connectivity index (χ2n) is 4.06. The van der Waals surface area contributed by atoms with Gasteiger partial charge in [-0.2, -0.15) is 0 Å². The molecule has 0 aromatic heterocycles. The molecule has 96 valence electrons. The van der Waals surface area contributed by atoms with Gasteiger partial charge in [0, 0.05) is 13.0 Å². The number of esters is 1. The van der Waals surface area contributed by atoms with Crippen LogP contribution >= 0.6 is 0 Å². The molecule has 2 atom stereocenters. The van der Waals surface area contributed by atoms with Crippen molar-refractivity contribution in [1.82, 2.24) is 0 Å². The van der Waals surface area contributed by atoms with E-state index in [0.717, 1.165) is 25.9 Å². The minimum atomic E-state index is -0.275. The molecule has 1 aliphatic rings. The molecule has 0 bridgehead atoms. The Hall–Kier alpha value is -1.05. The molecule has 1 aliphatic heterocycles. The first kappa shape index (κ1) is 14.0. The molecule has 1 heterocycles. The summed E-state index contributed by atoms with van der Waals surface area (Å²) in [6, 6.07) is 0. The van der Waals surface area contributed by atoms with Crippen molar-refractivity contribution in [1.29, 1.82) is 0 Å². The van der Waals surface area contributed by atoms with Gasteiger partial charge in [-0.1, -0.05) is 5.92 Å². The highest BCUT2D eigenvalue weighted by molar-refractivity contribution is 5.68. The van der Waals surface area contributed by atoms with Crippen molar-refractivity contribution in [2.45, 2.75) is 50.9 Å². The predicted molar refractivity (Wildman–Crippen MR) is 63.2 cm³/mol. The molecule has 1 fully saturated rings. The van der Waals surface area contributed by atoms with Gasteiger partial charge in [0.05, 0.1) is 7.11 Å². The van der Waals surface area contributed by atoms with Gasteiger partial charge in [0.2, 0.25) is 0 Å². The van der Waals surface area contributed by atoms with Crippen molar-refractivity contribution >= 4 is 5.97 Å². The van der Waals surface area contributed by atoms with Crippen LogP contribution in [0.3, 0.4) is 0 Å². The standard InChI is InChI=1S/C13H20O4/c1-3-11(7-6-8-12(14)15-2)17-13-9-4-5-10-16-13/h1,11,13H,4-10H2,2H3. The third-order valence-electron chi connectivity index (χ3n) is 2.71. The molecule has 0 radical (unpaired) electrons. The van der Waals surface area contributed by atoms with E-state index in [2.05, 4.69) is 10.7 Å². The van der Waals surface area contributed by atoms with E-state index in [-0.39, 0.29) is 18.4 Å². The summed E-state index contributed by atoms with van der Waals surface area (Å²) in [6.45, 7) is 0.740. The topological polar surface area (TPSA) is 44.8 Å². The lowest BCUT2D eigenvalue weighted by Crippen LogP contribution is -2.27. The molecule has 4 nitrogen and oxygen atoms in total. The van der Waals surface area contributed by atoms with Crippen LogP contribution in [0, 0.1) is 12.3 Å². The molecule has 0 N–H and O–H groups in total. The number of hydrogen-bond donors (Lipinski definition) is 0. The Bertz CT molecular complexity index is 263. The number of terminal acetylenes is 1. The fourth-order valence-electron chi connectivity index (χ4n) is 1.73. The van der Waals surface area contributed by atoms with E-state index in [1.165, 1.54) is 7.11 Å². The highest BCUT2D eigenvalue weighted by atomic mass is 16.7. The van der Waals surface area contributed by atoms with Crippen molar-refractivity contribution in [3.8, 4) is 12.3 Å². The smallest absolute Gasteiger partial charge is 0.305 e. The van der Waals surface area contributed by atoms with Gasteiger partial charge in [0.1, 0.15) is 6.10 Å². The average Bonchev–Trinajstić information content (AvgIpc) is 2.38. The summed E-state index contributed by atoms with van der Waals surface area (Å²) in [5, 5.41) is 0. The van der Waals surface area contributed by atoms with Crippen LogP contribution in [-0.4, -0.2) is 32.1 Å². The van der Waals surface area contributed by atoms with E-state index in [1.807, 2.05) is 0 Å². The maximum atomic E-state index is 10.9. The Labute approximate surface area is 103 Å². The fourth-order valence-corrected chi connectivity index (χ4v) is 1.73. The minimum absolute atomic E-state index is 0.178. The normalized spacial score (nSPS) is 21.5. The van der Waals surface area contributed by atoms with Gasteiger partial charge in [-0.3, -0.25) is 4.79 Å². The Morgan fingerprint density at radius 2 is 2.41 bits per heavy atom. The van der Waals surface area contributed by atoms with Crippen LogP contribution in [-0.2, 0) is 19.0 Å². The fraction of sp³-hybridized carbons (Fsp3) is 0.769. The minimum Gasteiger partial charge on any atom is -0.469 e. The van der Waals surface area contributed by atoms with Gasteiger partial charge in [-0.15, -0.1) is 6.42 Å². The lowest BCUT2D eigenvalue weighted by Gasteiger charge is -2.25. The van der Waals surface area contributed by atoms with Crippen LogP contribution < -0.4 is 0 Å². The summed E-state index contributed by atoms with van der Waals surface area (Å²) in [7, 11) is 1.38. The zero-order valence-electron chi connectivity index (χ0n) is 10.3. The highest BCUT2D eigenvalue weighted by Crippen LogP contribution is 2.17. The van der Waals surface area contributed by atoms with E-state index in [4.69, 9.17) is 15.9 Å². The maximum absolute atomic E-state index is 10.9. The maximum Gasteiger partial charge on any atom is 0.305 e. The van der Waals surface area contributed by atoms with Crippen molar-refractivity contribution in [3.05, 3.63) is 0 Å². The van der Waals surface area contributed by atoms with E-state index in [1.54, 1.807) is 0 Å². The number of methoxy groups -OCH3 is 1. The van der Waals surface area contributed by atoms with E-state index in [9.17, 15) is 4.79 Å². The number of carbonyl (C=O) groups excluding carboxylic acids is 1. The predicted octanol–water partition coefficient (Wildman–Crippen LogP) is 1.87. The molecule has 0 aromatic carbocycles. The van der Waals surface area contributed by atoms with Gasteiger partial charge in [0.15, 0.2) is 6.29 Å². The first-order chi connectivity index (χ1) is 8.26. The van der Waals surface area contributed by atoms with E-state index in [0.29, 0.717) is 19.3 Å². The molecule has 2 unspecified atom stereocenters. The van der Waals surface area contributed by atoms with E-state index < -0.39 is 0 Å². The molecule has 1 saturated heterocycles. The van der Waals surface area contributed by atoms with Crippen molar-refractivity contribution in [2.75, 3.05) is 13.7 Å². The third kappa shape index (κ3) is 5.71. The molecule has 1 rings (SSSR count). The first-order valence-electron chi connectivity index (χ1n) is 6.06. The first-order valence-corrected chi connectivity index (χ1v) is 6.06. The zero-order chi connectivity index (χ0) is 12.5. The molecule has 0 saturated carbocycles. The van der Waals surface area contributed by atoms with Gasteiger partial charge < -0.3 is 14.2 Å². The van der Waals surface area contributed by atoms with Crippen molar-refractivity contribution in [3.63, 3.8) is 0 Å². The molecular formula is C13H20O4. The largest absolute Gasteiger partial charge is 0.469 e. The van der Waals surface area contributed by atoms with Crippen LogP contribution in [0.5, 0.6) is 0 Å². The van der Waals surface area contributed by atoms with Crippen LogP contribution in [0.1, 0.15) is 38.5 Å². The highest BCUT2D eigenvalue weighted by Gasteiger charge is 2.18. The zero-order valence-corrected chi connectivity index (χ0v) is 10.3. The van der Waals surface area contributed by atoms with Gasteiger partial charge in [-0.05, 0) is 32.1 Å². The van der Waals surface area contributed by atoms with Crippen molar-refractivity contribution < 1.29 is 19.0 Å². The quantitative estimate of drug-likeness (QED) is 0.525. The molecule has 4 heteroatoms. The third-order valence-corrected chi connectivity index (χ3v) is 2.71. The summed E-state index contributed by atoms with van der Waals surface area (Å²) >= 11 is 0. The van der Waals surface area contributed by atoms with Crippen LogP contribution in [0.2, 0.25) is 0 Å². The van der Waals surface area contributed by atoms with Gasteiger partial charge in [0.25, 0.3) is 0 Å².